The maximum Gasteiger partial charge on any atom is 0.332 e. The highest BCUT2D eigenvalue weighted by molar-refractivity contribution is 5.97. The molecule has 0 saturated heterocycles. The van der Waals surface area contributed by atoms with Crippen LogP contribution in [-0.2, 0) is 6.42 Å². The molecule has 3 aromatic heterocycles. The van der Waals surface area contributed by atoms with E-state index in [0.717, 1.165) is 22.2 Å². The first-order chi connectivity index (χ1) is 13.1. The van der Waals surface area contributed by atoms with E-state index in [4.69, 9.17) is 5.73 Å². The maximum atomic E-state index is 10.8. The van der Waals surface area contributed by atoms with Crippen LogP contribution in [0.3, 0.4) is 0 Å². The molecule has 0 fully saturated rings. The summed E-state index contributed by atoms with van der Waals surface area (Å²) >= 11 is 0. The number of pyridine rings is 1. The summed E-state index contributed by atoms with van der Waals surface area (Å²) in [4.78, 5) is 23.7. The standard InChI is InChI=1S/C18H16N8O/c1-11(23-24-17(19)27)16-10-22-18-21-9-14(26(18)25-16)8-12-4-5-15-13(7-12)3-2-6-20-15/h2-7,9-10H,8H2,1H3,(H3,19,24,27)/b23-11+. The number of aromatic nitrogens is 5. The fraction of sp³-hybridized carbons (Fsp3) is 0.111. The average Bonchev–Trinajstić information content (AvgIpc) is 3.08. The van der Waals surface area contributed by atoms with Crippen LogP contribution in [-0.4, -0.2) is 36.3 Å². The van der Waals surface area contributed by atoms with Gasteiger partial charge in [0.15, 0.2) is 0 Å². The predicted molar refractivity (Wildman–Crippen MR) is 100 cm³/mol. The molecule has 0 saturated carbocycles. The Morgan fingerprint density at radius 1 is 1.22 bits per heavy atom. The Morgan fingerprint density at radius 3 is 2.93 bits per heavy atom. The molecule has 0 radical (unpaired) electrons. The number of urea groups is 1. The lowest BCUT2D eigenvalue weighted by Gasteiger charge is -2.05. The van der Waals surface area contributed by atoms with E-state index >= 15 is 0 Å². The molecule has 2 amide bonds. The second kappa shape index (κ2) is 6.79. The van der Waals surface area contributed by atoms with Crippen molar-refractivity contribution in [3.63, 3.8) is 0 Å². The highest BCUT2D eigenvalue weighted by Gasteiger charge is 2.10. The first kappa shape index (κ1) is 16.6. The number of hydrogen-bond acceptors (Lipinski definition) is 6. The molecule has 3 N–H and O–H groups in total. The molecule has 0 spiro atoms. The Bertz CT molecular complexity index is 1180. The Kier molecular flexibility index (Phi) is 4.17. The van der Waals surface area contributed by atoms with E-state index in [0.29, 0.717) is 23.6 Å². The Labute approximate surface area is 154 Å². The summed E-state index contributed by atoms with van der Waals surface area (Å²) in [6, 6.07) is 9.34. The number of benzene rings is 1. The molecule has 134 valence electrons. The number of rotatable bonds is 4. The van der Waals surface area contributed by atoms with E-state index in [9.17, 15) is 4.79 Å². The van der Waals surface area contributed by atoms with Gasteiger partial charge < -0.3 is 5.73 Å². The van der Waals surface area contributed by atoms with Crippen LogP contribution < -0.4 is 11.2 Å². The van der Waals surface area contributed by atoms with Gasteiger partial charge in [0, 0.05) is 18.0 Å². The molecule has 1 aromatic carbocycles. The second-order valence-electron chi connectivity index (χ2n) is 5.99. The van der Waals surface area contributed by atoms with E-state index in [1.54, 1.807) is 30.0 Å². The van der Waals surface area contributed by atoms with Crippen molar-refractivity contribution in [2.45, 2.75) is 13.3 Å². The summed E-state index contributed by atoms with van der Waals surface area (Å²) in [6.07, 6.45) is 5.72. The number of nitrogens with two attached hydrogens (primary N) is 1. The van der Waals surface area contributed by atoms with Crippen LogP contribution in [0.5, 0.6) is 0 Å². The van der Waals surface area contributed by atoms with Gasteiger partial charge in [0.05, 0.1) is 29.3 Å². The molecule has 27 heavy (non-hydrogen) atoms. The summed E-state index contributed by atoms with van der Waals surface area (Å²) < 4.78 is 1.67. The molecular formula is C18H16N8O. The third kappa shape index (κ3) is 3.43. The number of carbonyl (C=O) groups excluding carboxylic acids is 1. The average molecular weight is 360 g/mol. The van der Waals surface area contributed by atoms with E-state index < -0.39 is 6.03 Å². The lowest BCUT2D eigenvalue weighted by molar-refractivity contribution is 0.249. The molecular weight excluding hydrogens is 344 g/mol. The summed E-state index contributed by atoms with van der Waals surface area (Å²) in [5, 5.41) is 9.49. The van der Waals surface area contributed by atoms with Crippen molar-refractivity contribution in [1.82, 2.24) is 30.0 Å². The summed E-state index contributed by atoms with van der Waals surface area (Å²) in [5.74, 6) is 0.492. The van der Waals surface area contributed by atoms with Crippen LogP contribution in [0.15, 0.2) is 54.0 Å². The van der Waals surface area contributed by atoms with Crippen LogP contribution in [0.4, 0.5) is 4.79 Å². The first-order valence-corrected chi connectivity index (χ1v) is 8.23. The highest BCUT2D eigenvalue weighted by atomic mass is 16.2. The molecule has 4 aromatic rings. The molecule has 9 heteroatoms. The van der Waals surface area contributed by atoms with Gasteiger partial charge in [0.2, 0.25) is 0 Å². The van der Waals surface area contributed by atoms with Crippen LogP contribution in [0, 0.1) is 0 Å². The zero-order valence-electron chi connectivity index (χ0n) is 14.5. The highest BCUT2D eigenvalue weighted by Crippen LogP contribution is 2.16. The van der Waals surface area contributed by atoms with Gasteiger partial charge in [-0.1, -0.05) is 12.1 Å². The smallest absolute Gasteiger partial charge is 0.332 e. The fourth-order valence-corrected chi connectivity index (χ4v) is 2.75. The molecule has 0 bridgehead atoms. The summed E-state index contributed by atoms with van der Waals surface area (Å²) in [7, 11) is 0. The van der Waals surface area contributed by atoms with Crippen molar-refractivity contribution in [3.8, 4) is 0 Å². The minimum atomic E-state index is -0.738. The van der Waals surface area contributed by atoms with Crippen molar-refractivity contribution in [2.24, 2.45) is 10.8 Å². The van der Waals surface area contributed by atoms with E-state index in [1.807, 2.05) is 24.3 Å². The van der Waals surface area contributed by atoms with Gasteiger partial charge >= 0.3 is 6.03 Å². The lowest BCUT2D eigenvalue weighted by atomic mass is 10.1. The quantitative estimate of drug-likeness (QED) is 0.423. The minimum absolute atomic E-state index is 0.486. The van der Waals surface area contributed by atoms with Crippen molar-refractivity contribution in [3.05, 3.63) is 65.9 Å². The Hall–Kier alpha value is -3.88. The third-order valence-electron chi connectivity index (χ3n) is 4.06. The summed E-state index contributed by atoms with van der Waals surface area (Å²) in [5.41, 5.74) is 11.2. The van der Waals surface area contributed by atoms with Gasteiger partial charge in [-0.25, -0.2) is 24.7 Å². The zero-order valence-corrected chi connectivity index (χ0v) is 14.5. The van der Waals surface area contributed by atoms with Gasteiger partial charge in [-0.15, -0.1) is 0 Å². The SMILES string of the molecule is C/C(=N\NC(N)=O)c1cnc2ncc(Cc3ccc4ncccc4c3)n2n1. The molecule has 0 aliphatic heterocycles. The van der Waals surface area contributed by atoms with Gasteiger partial charge in [-0.05, 0) is 30.7 Å². The number of fused-ring (bicyclic) bond motifs is 2. The largest absolute Gasteiger partial charge is 0.350 e. The van der Waals surface area contributed by atoms with Gasteiger partial charge in [-0.2, -0.15) is 10.2 Å². The lowest BCUT2D eigenvalue weighted by Crippen LogP contribution is -2.25. The Morgan fingerprint density at radius 2 is 2.07 bits per heavy atom. The number of hydrazone groups is 1. The molecule has 0 atom stereocenters. The monoisotopic (exact) mass is 360 g/mol. The number of hydrogen-bond donors (Lipinski definition) is 2. The first-order valence-electron chi connectivity index (χ1n) is 8.23. The van der Waals surface area contributed by atoms with Crippen LogP contribution in [0.25, 0.3) is 16.7 Å². The minimum Gasteiger partial charge on any atom is -0.350 e. The van der Waals surface area contributed by atoms with Crippen molar-refractivity contribution in [2.75, 3.05) is 0 Å². The number of primary amides is 1. The van der Waals surface area contributed by atoms with E-state index in [2.05, 4.69) is 36.6 Å². The van der Waals surface area contributed by atoms with Crippen molar-refractivity contribution >= 4 is 28.4 Å². The van der Waals surface area contributed by atoms with Gasteiger partial charge in [-0.3, -0.25) is 4.98 Å². The van der Waals surface area contributed by atoms with Crippen LogP contribution >= 0.6 is 0 Å². The van der Waals surface area contributed by atoms with Crippen molar-refractivity contribution < 1.29 is 4.79 Å². The van der Waals surface area contributed by atoms with Gasteiger partial charge in [0.1, 0.15) is 5.69 Å². The molecule has 3 heterocycles. The number of imidazole rings is 1. The van der Waals surface area contributed by atoms with Crippen LogP contribution in [0.2, 0.25) is 0 Å². The fourth-order valence-electron chi connectivity index (χ4n) is 2.75. The predicted octanol–water partition coefficient (Wildman–Crippen LogP) is 1.66. The number of nitrogens with zero attached hydrogens (tertiary/aromatic N) is 6. The molecule has 0 aliphatic carbocycles. The third-order valence-corrected chi connectivity index (χ3v) is 4.06. The van der Waals surface area contributed by atoms with Crippen LogP contribution in [0.1, 0.15) is 23.9 Å². The molecule has 9 nitrogen and oxygen atoms in total. The van der Waals surface area contributed by atoms with Crippen molar-refractivity contribution in [1.29, 1.82) is 0 Å². The number of carbonyl (C=O) groups is 1. The van der Waals surface area contributed by atoms with E-state index in [-0.39, 0.29) is 0 Å². The molecule has 4 rings (SSSR count). The summed E-state index contributed by atoms with van der Waals surface area (Å²) in [6.45, 7) is 1.71. The molecule has 0 unspecified atom stereocenters. The number of nitrogens with one attached hydrogen (secondary N) is 1. The topological polar surface area (TPSA) is 123 Å². The number of amides is 2. The normalized spacial score (nSPS) is 11.8. The zero-order chi connectivity index (χ0) is 18.8. The van der Waals surface area contributed by atoms with E-state index in [1.165, 1.54) is 0 Å². The molecule has 0 aliphatic rings. The maximum absolute atomic E-state index is 10.8. The Balaban J connectivity index is 1.67. The van der Waals surface area contributed by atoms with Gasteiger partial charge in [0.25, 0.3) is 5.78 Å². The second-order valence-corrected chi connectivity index (χ2v) is 5.99.